The number of nitrogens with two attached hydrogens (primary N) is 1. The Morgan fingerprint density at radius 3 is 1.69 bits per heavy atom. The third-order valence-electron chi connectivity index (χ3n) is 14.3. The zero-order chi connectivity index (χ0) is 63.1. The van der Waals surface area contributed by atoms with Gasteiger partial charge in [0.15, 0.2) is 5.96 Å². The molecule has 0 radical (unpaired) electrons. The highest BCUT2D eigenvalue weighted by Gasteiger charge is 2.34. The molecule has 87 heavy (non-hydrogen) atoms. The second kappa shape index (κ2) is 37.6. The van der Waals surface area contributed by atoms with E-state index in [0.717, 1.165) is 28.8 Å². The highest BCUT2D eigenvalue weighted by Crippen LogP contribution is 2.32. The molecule has 5 rings (SSSR count). The number of amides is 6. The van der Waals surface area contributed by atoms with Crippen LogP contribution in [0.25, 0.3) is 0 Å². The molecule has 3 aromatic rings. The van der Waals surface area contributed by atoms with Crippen LogP contribution in [0.4, 0.5) is 13.6 Å². The molecule has 478 valence electrons. The fourth-order valence-electron chi connectivity index (χ4n) is 9.72. The van der Waals surface area contributed by atoms with Gasteiger partial charge in [0.2, 0.25) is 23.6 Å². The minimum atomic E-state index is -1.23. The Morgan fingerprint density at radius 1 is 0.632 bits per heavy atom. The Morgan fingerprint density at radius 2 is 1.15 bits per heavy atom. The van der Waals surface area contributed by atoms with Crippen molar-refractivity contribution < 1.29 is 77.0 Å². The molecule has 2 atom stereocenters. The number of aromatic hydroxyl groups is 1. The second-order valence-electron chi connectivity index (χ2n) is 20.9. The van der Waals surface area contributed by atoms with Gasteiger partial charge in [-0.1, -0.05) is 55.5 Å². The predicted octanol–water partition coefficient (Wildman–Crippen LogP) is 0.00620. The number of urea groups is 1. The summed E-state index contributed by atoms with van der Waals surface area (Å²) < 4.78 is 40.9. The molecular formula is C58H83F2N13O14. The van der Waals surface area contributed by atoms with E-state index in [9.17, 15) is 67.6 Å². The number of fused-ring (bicyclic) bond motifs is 1. The monoisotopic (exact) mass is 1220 g/mol. The molecule has 29 heteroatoms. The van der Waals surface area contributed by atoms with Crippen LogP contribution in [0.5, 0.6) is 5.75 Å². The van der Waals surface area contributed by atoms with Gasteiger partial charge in [0, 0.05) is 129 Å². The van der Waals surface area contributed by atoms with E-state index in [1.54, 1.807) is 21.6 Å². The fraction of sp³-hybridized carbons (Fsp3) is 0.534. The number of aliphatic carboxylic acids is 3. The summed E-state index contributed by atoms with van der Waals surface area (Å²) in [7, 11) is 0. The van der Waals surface area contributed by atoms with Crippen LogP contribution in [0.1, 0.15) is 66.5 Å². The van der Waals surface area contributed by atoms with Crippen molar-refractivity contribution in [1.29, 1.82) is 0 Å². The van der Waals surface area contributed by atoms with Gasteiger partial charge in [0.25, 0.3) is 0 Å². The summed E-state index contributed by atoms with van der Waals surface area (Å²) in [5, 5.41) is 53.8. The van der Waals surface area contributed by atoms with E-state index in [0.29, 0.717) is 64.2 Å². The zero-order valence-electron chi connectivity index (χ0n) is 49.1. The molecule has 1 saturated heterocycles. The van der Waals surface area contributed by atoms with E-state index in [1.165, 1.54) is 0 Å². The number of phenols is 1. The molecule has 0 bridgehead atoms. The van der Waals surface area contributed by atoms with E-state index < -0.39 is 77.3 Å². The summed E-state index contributed by atoms with van der Waals surface area (Å²) in [6.07, 6.45) is 1.77. The molecule has 0 saturated carbocycles. The topological polar surface area (TPSA) is 363 Å². The zero-order valence-corrected chi connectivity index (χ0v) is 49.1. The lowest BCUT2D eigenvalue weighted by Gasteiger charge is -2.32. The maximum absolute atomic E-state index is 14.7. The molecule has 0 spiro atoms. The van der Waals surface area contributed by atoms with Crippen LogP contribution in [-0.2, 0) is 69.1 Å². The van der Waals surface area contributed by atoms with Crippen molar-refractivity contribution in [2.75, 3.05) is 131 Å². The van der Waals surface area contributed by atoms with Crippen molar-refractivity contribution in [3.63, 3.8) is 0 Å². The first-order valence-corrected chi connectivity index (χ1v) is 29.0. The number of carbonyl (C=O) groups excluding carboxylic acids is 5. The lowest BCUT2D eigenvalue weighted by atomic mass is 10.00. The number of benzene rings is 3. The Balaban J connectivity index is 1.11. The third-order valence-corrected chi connectivity index (χ3v) is 14.3. The molecule has 6 amide bonds. The Bertz CT molecular complexity index is 2700. The molecule has 0 aliphatic carbocycles. The number of aryl methyl sites for hydroxylation is 1. The van der Waals surface area contributed by atoms with E-state index >= 15 is 0 Å². The van der Waals surface area contributed by atoms with Crippen molar-refractivity contribution >= 4 is 53.5 Å². The molecule has 12 N–H and O–H groups in total. The summed E-state index contributed by atoms with van der Waals surface area (Å²) in [6, 6.07) is 14.0. The third kappa shape index (κ3) is 26.3. The number of phenolic OH excluding ortho intramolecular Hbond substituents is 1. The summed E-state index contributed by atoms with van der Waals surface area (Å²) in [6.45, 7) is 5.17. The Hall–Kier alpha value is -7.93. The highest BCUT2D eigenvalue weighted by molar-refractivity contribution is 5.95. The first kappa shape index (κ1) is 69.8. The van der Waals surface area contributed by atoms with E-state index in [1.807, 2.05) is 58.3 Å². The molecule has 0 aromatic heterocycles. The van der Waals surface area contributed by atoms with Crippen LogP contribution in [0.3, 0.4) is 0 Å². The van der Waals surface area contributed by atoms with E-state index in [-0.39, 0.29) is 135 Å². The van der Waals surface area contributed by atoms with Gasteiger partial charge in [0.05, 0.1) is 46.0 Å². The quantitative estimate of drug-likeness (QED) is 0.0217. The maximum atomic E-state index is 14.7. The Kier molecular flexibility index (Phi) is 30.2. The average Bonchev–Trinajstić information content (AvgIpc) is 1.87. The number of hydrogen-bond acceptors (Lipinski definition) is 17. The van der Waals surface area contributed by atoms with Gasteiger partial charge in [-0.25, -0.2) is 13.6 Å². The minimum absolute atomic E-state index is 0.00162. The van der Waals surface area contributed by atoms with Crippen molar-refractivity contribution in [1.82, 2.24) is 56.4 Å². The summed E-state index contributed by atoms with van der Waals surface area (Å²) in [4.78, 5) is 113. The van der Waals surface area contributed by atoms with Gasteiger partial charge in [-0.05, 0) is 47.9 Å². The molecule has 2 aliphatic rings. The largest absolute Gasteiger partial charge is 0.508 e. The van der Waals surface area contributed by atoms with E-state index in [4.69, 9.17) is 15.2 Å². The molecule has 2 heterocycles. The molecule has 0 unspecified atom stereocenters. The molecule has 2 aliphatic heterocycles. The number of nitrogens with one attached hydrogen (secondary N) is 6. The fourth-order valence-corrected chi connectivity index (χ4v) is 9.72. The van der Waals surface area contributed by atoms with Crippen molar-refractivity contribution in [3.05, 3.63) is 100 Å². The van der Waals surface area contributed by atoms with Crippen molar-refractivity contribution in [2.24, 2.45) is 10.7 Å². The van der Waals surface area contributed by atoms with Crippen LogP contribution in [0.15, 0.2) is 65.7 Å². The maximum Gasteiger partial charge on any atom is 0.321 e. The predicted molar refractivity (Wildman–Crippen MR) is 314 cm³/mol. The van der Waals surface area contributed by atoms with Gasteiger partial charge >= 0.3 is 23.9 Å². The second-order valence-corrected chi connectivity index (χ2v) is 20.9. The number of rotatable bonds is 33. The van der Waals surface area contributed by atoms with Crippen molar-refractivity contribution in [2.45, 2.75) is 70.7 Å². The van der Waals surface area contributed by atoms with Gasteiger partial charge in [-0.2, -0.15) is 0 Å². The van der Waals surface area contributed by atoms with Crippen LogP contribution < -0.4 is 37.6 Å². The number of carboxylic acid groups (broad SMARTS) is 3. The lowest BCUT2D eigenvalue weighted by Crippen LogP contribution is -2.50. The standard InChI is InChI=1S/C58H83F2N13O14/c1-2-49(75)62-16-17-65-58(85)68-57(61)64-15-5-10-48(55(83)66-33-45-46(59)31-44(74)32-47(45)60)67-56(84)54(73-34-42-8-3-4-9-43(42)35-73)41-13-11-40(12-14-41)7-6-27-86-29-30-87-28-18-63-50(76)36-69-19-21-70(37-51(77)78)23-25-72(39-53(81)82)26-24-71(22-20-69)38-52(79)80/h3-4,8-9,11-14,31-32,48,54,74H,2,5-7,10,15-30,33-39H2,1H3,(H,62,75)(H,63,76)(H,66,83)(H,67,84)(H,77,78)(H,79,80)(H,81,82)(H4,61,64,65,68,85)/t48-,54-/m1/s1. The summed E-state index contributed by atoms with van der Waals surface area (Å²) in [5.74, 6) is -7.85. The number of halogens is 2. The normalized spacial score (nSPS) is 15.6. The molecule has 3 aromatic carbocycles. The van der Waals surface area contributed by atoms with Gasteiger partial charge in [0.1, 0.15) is 29.5 Å². The lowest BCUT2D eigenvalue weighted by molar-refractivity contribution is -0.140. The number of hydrogen-bond donors (Lipinski definition) is 11. The average molecular weight is 1220 g/mol. The van der Waals surface area contributed by atoms with Crippen molar-refractivity contribution in [3.8, 4) is 5.75 Å². The molecular weight excluding hydrogens is 1140 g/mol. The molecule has 1 fully saturated rings. The first-order valence-electron chi connectivity index (χ1n) is 29.0. The van der Waals surface area contributed by atoms with Crippen LogP contribution in [0.2, 0.25) is 0 Å². The minimum Gasteiger partial charge on any atom is -0.508 e. The SMILES string of the molecule is CCC(=O)NCCNC(=O)NC(N)=NCCC[C@@H](NC(=O)[C@@H](c1ccc(CCCOCCOCCNC(=O)CN2CCN(CC(=O)O)CCN(CC(=O)O)CCN(CC(=O)O)CC2)cc1)N1Cc2ccccc2C1)C(=O)NCc1c(F)cc(O)cc1F. The smallest absolute Gasteiger partial charge is 0.321 e. The first-order chi connectivity index (χ1) is 41.8. The number of aliphatic imine (C=N–C) groups is 1. The number of carboxylic acids is 3. The summed E-state index contributed by atoms with van der Waals surface area (Å²) in [5.41, 5.74) is 9.12. The van der Waals surface area contributed by atoms with Gasteiger partial charge in [-0.3, -0.25) is 68.4 Å². The summed E-state index contributed by atoms with van der Waals surface area (Å²) >= 11 is 0. The number of carbonyl (C=O) groups is 8. The number of nitrogens with zero attached hydrogens (tertiary/aromatic N) is 6. The number of guanidine groups is 1. The van der Waals surface area contributed by atoms with Gasteiger partial charge in [-0.15, -0.1) is 0 Å². The van der Waals surface area contributed by atoms with Gasteiger partial charge < -0.3 is 62.2 Å². The van der Waals surface area contributed by atoms with Crippen LogP contribution in [0, 0.1) is 11.6 Å². The highest BCUT2D eigenvalue weighted by atomic mass is 19.1. The van der Waals surface area contributed by atoms with E-state index in [2.05, 4.69) is 36.9 Å². The molecule has 27 nitrogen and oxygen atoms in total. The van der Waals surface area contributed by atoms with Crippen LogP contribution in [-0.4, -0.2) is 236 Å². The number of ether oxygens (including phenoxy) is 2. The van der Waals surface area contributed by atoms with Crippen LogP contribution >= 0.6 is 0 Å². The Labute approximate surface area is 503 Å².